The lowest BCUT2D eigenvalue weighted by Gasteiger charge is -2.24. The van der Waals surface area contributed by atoms with E-state index in [1.54, 1.807) is 85.5 Å². The molecule has 6 rings (SSSR count). The Bertz CT molecular complexity index is 3940. The van der Waals surface area contributed by atoms with Crippen LogP contribution in [0.5, 0.6) is 11.5 Å². The molecule has 6 aromatic rings. The first-order valence-electron chi connectivity index (χ1n) is 36.4. The minimum atomic E-state index is -0.594. The predicted molar refractivity (Wildman–Crippen MR) is 439 cm³/mol. The lowest BCUT2D eigenvalue weighted by molar-refractivity contribution is -0.117. The molecule has 16 nitrogen and oxygen atoms in total. The van der Waals surface area contributed by atoms with E-state index in [4.69, 9.17) is 42.9 Å². The summed E-state index contributed by atoms with van der Waals surface area (Å²) in [4.78, 5) is 97.2. The zero-order chi connectivity index (χ0) is 78.5. The van der Waals surface area contributed by atoms with E-state index in [0.717, 1.165) is 93.8 Å². The molecule has 0 saturated carbocycles. The van der Waals surface area contributed by atoms with Crippen LogP contribution >= 0.6 is 47.0 Å². The molecule has 0 bridgehead atoms. The van der Waals surface area contributed by atoms with E-state index >= 15 is 0 Å². The molecule has 0 fully saturated rings. The highest BCUT2D eigenvalue weighted by molar-refractivity contribution is 8.00. The number of ketones is 6. The average molecular weight is 1510 g/mol. The molecule has 572 valence electrons. The number of benzene rings is 6. The highest BCUT2D eigenvalue weighted by atomic mass is 32.2. The Morgan fingerprint density at radius 3 is 0.971 bits per heavy atom. The van der Waals surface area contributed by atoms with Crippen LogP contribution in [0.4, 0.5) is 16.2 Å². The maximum atomic E-state index is 14.2. The summed E-state index contributed by atoms with van der Waals surface area (Å²) < 4.78 is 17.3. The van der Waals surface area contributed by atoms with Gasteiger partial charge >= 0.3 is 6.09 Å². The third kappa shape index (κ3) is 28.0. The third-order valence-corrected chi connectivity index (χ3v) is 21.9. The summed E-state index contributed by atoms with van der Waals surface area (Å²) in [7, 11) is 0. The van der Waals surface area contributed by atoms with Crippen LogP contribution in [-0.2, 0) is 74.5 Å². The van der Waals surface area contributed by atoms with Crippen molar-refractivity contribution in [3.8, 4) is 11.5 Å². The second-order valence-corrected chi connectivity index (χ2v) is 36.3. The van der Waals surface area contributed by atoms with Crippen LogP contribution in [-0.4, -0.2) is 109 Å². The fourth-order valence-corrected chi connectivity index (χ4v) is 15.2. The van der Waals surface area contributed by atoms with Crippen LogP contribution in [0.3, 0.4) is 0 Å². The topological polar surface area (TPSA) is 289 Å². The summed E-state index contributed by atoms with van der Waals surface area (Å²) in [6.07, 6.45) is 2.14. The van der Waals surface area contributed by atoms with Crippen molar-refractivity contribution in [2.45, 2.75) is 230 Å². The molecule has 0 radical (unpaired) electrons. The first kappa shape index (κ1) is 88.7. The molecule has 1 amide bonds. The van der Waals surface area contributed by atoms with Gasteiger partial charge < -0.3 is 48.2 Å². The second kappa shape index (κ2) is 39.8. The molecule has 11 N–H and O–H groups in total. The first-order chi connectivity index (χ1) is 49.0. The Balaban J connectivity index is 0.000000377. The number of ether oxygens (including phenoxy) is 3. The van der Waals surface area contributed by atoms with Gasteiger partial charge in [-0.25, -0.2) is 4.79 Å². The zero-order valence-corrected chi connectivity index (χ0v) is 69.2. The number of hydrogen-bond acceptors (Lipinski definition) is 19. The number of thioether (sulfide) groups is 4. The maximum absolute atomic E-state index is 14.2. The molecule has 0 unspecified atom stereocenters. The van der Waals surface area contributed by atoms with Gasteiger partial charge in [-0.3, -0.25) is 28.8 Å². The fraction of sp³-hybridized carbons (Fsp3) is 0.494. The minimum Gasteiger partial charge on any atom is -0.494 e. The van der Waals surface area contributed by atoms with Crippen LogP contribution in [0, 0.1) is 0 Å². The first-order valence-corrected chi connectivity index (χ1v) is 40.4. The third-order valence-electron chi connectivity index (χ3n) is 16.8. The van der Waals surface area contributed by atoms with E-state index in [9.17, 15) is 33.6 Å². The molecule has 0 aliphatic carbocycles. The number of alkyl carbamates (subject to hydrolysis) is 1. The summed E-state index contributed by atoms with van der Waals surface area (Å²) in [5.41, 5.74) is 41.4. The molecule has 0 spiro atoms. The van der Waals surface area contributed by atoms with Crippen LogP contribution in [0.15, 0.2) is 105 Å². The van der Waals surface area contributed by atoms with Gasteiger partial charge in [-0.1, -0.05) is 133 Å². The van der Waals surface area contributed by atoms with Gasteiger partial charge in [-0.05, 0) is 179 Å². The molecular formula is C85H118N6O10S4. The Morgan fingerprint density at radius 1 is 0.371 bits per heavy atom. The van der Waals surface area contributed by atoms with Gasteiger partial charge in [0.05, 0.1) is 6.61 Å². The lowest BCUT2D eigenvalue weighted by atomic mass is 9.83. The Labute approximate surface area is 643 Å². The number of hydrogen-bond donors (Lipinski definition) is 6. The van der Waals surface area contributed by atoms with E-state index in [-0.39, 0.29) is 108 Å². The highest BCUT2D eigenvalue weighted by Gasteiger charge is 2.28. The van der Waals surface area contributed by atoms with Crippen LogP contribution in [0.25, 0.3) is 0 Å². The molecular weight excluding hydrogens is 1390 g/mol. The number of carbonyl (C=O) groups is 7. The monoisotopic (exact) mass is 1510 g/mol. The molecule has 6 aromatic carbocycles. The number of carbonyl (C=O) groups excluding carboxylic acids is 7. The highest BCUT2D eigenvalue weighted by Crippen LogP contribution is 2.41. The van der Waals surface area contributed by atoms with Crippen molar-refractivity contribution in [3.05, 3.63) is 163 Å². The summed E-state index contributed by atoms with van der Waals surface area (Å²) in [6.45, 7) is 40.3. The van der Waals surface area contributed by atoms with Gasteiger partial charge in [0.2, 0.25) is 0 Å². The molecule has 20 heteroatoms. The lowest BCUT2D eigenvalue weighted by Crippen LogP contribution is -2.33. The van der Waals surface area contributed by atoms with E-state index in [0.29, 0.717) is 88.6 Å². The molecule has 0 atom stereocenters. The normalized spacial score (nSPS) is 11.9. The number of Topliss-reactive ketones (excluding diaryl/α,β-unsaturated/α-hetero) is 6. The quantitative estimate of drug-likeness (QED) is 0.00933. The van der Waals surface area contributed by atoms with Crippen molar-refractivity contribution in [1.82, 2.24) is 5.32 Å². The number of rotatable bonds is 35. The summed E-state index contributed by atoms with van der Waals surface area (Å²) in [5, 5.41) is 2.79. The van der Waals surface area contributed by atoms with Crippen molar-refractivity contribution in [2.75, 3.05) is 73.9 Å². The van der Waals surface area contributed by atoms with Crippen molar-refractivity contribution in [1.29, 1.82) is 0 Å². The number of nitrogen functional groups attached to an aromatic ring is 2. The molecule has 0 saturated heterocycles. The molecule has 0 aliphatic rings. The van der Waals surface area contributed by atoms with Crippen molar-refractivity contribution in [2.24, 2.45) is 17.2 Å². The minimum absolute atomic E-state index is 0.0388. The predicted octanol–water partition coefficient (Wildman–Crippen LogP) is 17.0. The van der Waals surface area contributed by atoms with E-state index in [1.807, 2.05) is 45.9 Å². The van der Waals surface area contributed by atoms with E-state index in [1.165, 1.54) is 11.8 Å². The maximum Gasteiger partial charge on any atom is 0.407 e. The van der Waals surface area contributed by atoms with E-state index in [2.05, 4.69) is 126 Å². The second-order valence-electron chi connectivity index (χ2n) is 31.9. The number of amides is 1. The van der Waals surface area contributed by atoms with Gasteiger partial charge in [-0.2, -0.15) is 0 Å². The van der Waals surface area contributed by atoms with Gasteiger partial charge in [-0.15, -0.1) is 47.0 Å². The molecule has 105 heavy (non-hydrogen) atoms. The van der Waals surface area contributed by atoms with Crippen LogP contribution in [0.1, 0.15) is 241 Å². The smallest absolute Gasteiger partial charge is 0.407 e. The van der Waals surface area contributed by atoms with Gasteiger partial charge in [0.1, 0.15) is 35.3 Å². The molecule has 0 aliphatic heterocycles. The molecule has 0 aromatic heterocycles. The number of nitrogens with one attached hydrogen (secondary N) is 1. The summed E-state index contributed by atoms with van der Waals surface area (Å²) in [5.74, 6) is 3.00. The van der Waals surface area contributed by atoms with Crippen LogP contribution < -0.4 is 43.5 Å². The fourth-order valence-electron chi connectivity index (χ4n) is 11.4. The van der Waals surface area contributed by atoms with Gasteiger partial charge in [0.25, 0.3) is 0 Å². The number of anilines is 2. The van der Waals surface area contributed by atoms with E-state index < -0.39 is 11.7 Å². The van der Waals surface area contributed by atoms with Crippen molar-refractivity contribution >= 4 is 99.2 Å². The van der Waals surface area contributed by atoms with Crippen LogP contribution in [0.2, 0.25) is 0 Å². The average Bonchev–Trinajstić information content (AvgIpc) is 0.805. The summed E-state index contributed by atoms with van der Waals surface area (Å²) >= 11 is 6.27. The Kier molecular flexibility index (Phi) is 33.6. The molecule has 0 heterocycles. The van der Waals surface area contributed by atoms with Crippen molar-refractivity contribution < 1.29 is 47.8 Å². The SMILES string of the molecule is CC(=O)Cc1cc(C(C)(C)C)cc(CC(=O)c2cc(OCCN)cc(C(=O)Cc3cc(C(C)(C)C)cc(CC(C)=O)c3SCCN)c2)c1SCCN.CCCOc1cc(C(=O)Cc2cc(C(C)(C)C)cc(N)c2SCCC)cc(C(=O)Cc2cc(C(C)(C)C)cc(N)c2SCCNC(=O)OC(C)(C)C)c1. The standard InChI is InChI=1S/C43H61N3O5S2.C42H57N3O5S2/c1-12-15-50-33-21-27(36(47)23-29-19-31(41(3,4)5)25-34(44)38(29)52-16-13-2)18-28(22-33)37(48)24-30-20-32(42(6,7)8)26-35(45)39(30)53-17-14-46-40(49)51-43(9,10)11;1-26(46)15-30-18-34(41(3,4)5)20-32(39(30)51-13-10-44)24-37(48)28-17-29(23-36(22-28)50-12-9-43)38(49)25-33-21-35(42(6,7)8)19-31(16-27(2)47)40(33)52-14-11-45/h18-22,25-26H,12-17,23-24,44-45H2,1-11H3,(H,46,49);17-23H,9-16,24-25,43-45H2,1-8H3. The number of nitrogens with two attached hydrogens (primary N) is 5. The van der Waals surface area contributed by atoms with Gasteiger partial charge in [0.15, 0.2) is 23.1 Å². The summed E-state index contributed by atoms with van der Waals surface area (Å²) in [6, 6.07) is 26.5. The Hall–Kier alpha value is -6.91. The Morgan fingerprint density at radius 2 is 0.676 bits per heavy atom. The van der Waals surface area contributed by atoms with Gasteiger partial charge in [0, 0.05) is 135 Å². The zero-order valence-electron chi connectivity index (χ0n) is 65.9. The largest absolute Gasteiger partial charge is 0.494 e. The van der Waals surface area contributed by atoms with Crippen molar-refractivity contribution in [3.63, 3.8) is 0 Å².